The molecular weight excluding hydrogens is 326 g/mol. The van der Waals surface area contributed by atoms with Gasteiger partial charge in [-0.25, -0.2) is 13.4 Å². The predicted octanol–water partition coefficient (Wildman–Crippen LogP) is 2.00. The van der Waals surface area contributed by atoms with Crippen LogP contribution in [0.15, 0.2) is 66.0 Å². The fourth-order valence-corrected chi connectivity index (χ4v) is 3.08. The Kier molecular flexibility index (Phi) is 4.26. The molecule has 1 N–H and O–H groups in total. The van der Waals surface area contributed by atoms with Crippen LogP contribution in [0.3, 0.4) is 0 Å². The SMILES string of the molecule is N#Cc1cccnc1NS(=O)(=O)c1cnn(Cc2ccccc2)c1. The number of aromatic nitrogens is 3. The molecule has 0 saturated heterocycles. The van der Waals surface area contributed by atoms with Gasteiger partial charge in [-0.15, -0.1) is 0 Å². The van der Waals surface area contributed by atoms with E-state index in [9.17, 15) is 8.42 Å². The summed E-state index contributed by atoms with van der Waals surface area (Å²) in [5, 5.41) is 13.1. The number of rotatable bonds is 5. The van der Waals surface area contributed by atoms with Crippen LogP contribution in [0.2, 0.25) is 0 Å². The summed E-state index contributed by atoms with van der Waals surface area (Å²) in [4.78, 5) is 3.90. The van der Waals surface area contributed by atoms with E-state index in [-0.39, 0.29) is 16.3 Å². The number of hydrogen-bond donors (Lipinski definition) is 1. The van der Waals surface area contributed by atoms with E-state index in [1.165, 1.54) is 29.3 Å². The van der Waals surface area contributed by atoms with Gasteiger partial charge in [0.25, 0.3) is 10.0 Å². The number of anilines is 1. The van der Waals surface area contributed by atoms with Crippen molar-refractivity contribution in [2.45, 2.75) is 11.4 Å². The highest BCUT2D eigenvalue weighted by molar-refractivity contribution is 7.92. The van der Waals surface area contributed by atoms with E-state index in [1.54, 1.807) is 6.07 Å². The molecule has 2 aromatic heterocycles. The lowest BCUT2D eigenvalue weighted by Gasteiger charge is -2.06. The fraction of sp³-hybridized carbons (Fsp3) is 0.0625. The maximum atomic E-state index is 12.4. The van der Waals surface area contributed by atoms with Crippen molar-refractivity contribution in [3.05, 3.63) is 72.2 Å². The van der Waals surface area contributed by atoms with Gasteiger partial charge in [0.1, 0.15) is 11.0 Å². The van der Waals surface area contributed by atoms with Crippen molar-refractivity contribution in [2.75, 3.05) is 4.72 Å². The van der Waals surface area contributed by atoms with E-state index in [0.717, 1.165) is 5.56 Å². The summed E-state index contributed by atoms with van der Waals surface area (Å²) in [6, 6.07) is 14.5. The maximum Gasteiger partial charge on any atom is 0.266 e. The second-order valence-electron chi connectivity index (χ2n) is 4.98. The molecular formula is C16H13N5O2S. The molecule has 0 atom stereocenters. The molecule has 0 spiro atoms. The number of nitriles is 1. The zero-order valence-corrected chi connectivity index (χ0v) is 13.3. The minimum atomic E-state index is -3.86. The van der Waals surface area contributed by atoms with Gasteiger partial charge in [0.15, 0.2) is 5.82 Å². The molecule has 0 aliphatic rings. The Morgan fingerprint density at radius 3 is 2.71 bits per heavy atom. The van der Waals surface area contributed by atoms with Gasteiger partial charge in [-0.05, 0) is 17.7 Å². The molecule has 0 radical (unpaired) electrons. The van der Waals surface area contributed by atoms with E-state index in [2.05, 4.69) is 14.8 Å². The highest BCUT2D eigenvalue weighted by Gasteiger charge is 2.19. The molecule has 2 heterocycles. The van der Waals surface area contributed by atoms with Crippen LogP contribution < -0.4 is 4.72 Å². The molecule has 1 aromatic carbocycles. The minimum absolute atomic E-state index is 0.00388. The molecule has 3 aromatic rings. The molecule has 0 fully saturated rings. The number of nitrogens with one attached hydrogen (secondary N) is 1. The Bertz CT molecular complexity index is 991. The fourth-order valence-electron chi connectivity index (χ4n) is 2.10. The number of nitrogens with zero attached hydrogens (tertiary/aromatic N) is 4. The summed E-state index contributed by atoms with van der Waals surface area (Å²) < 4.78 is 28.7. The summed E-state index contributed by atoms with van der Waals surface area (Å²) in [6.45, 7) is 0.462. The topological polar surface area (TPSA) is 101 Å². The van der Waals surface area contributed by atoms with E-state index in [0.29, 0.717) is 6.54 Å². The van der Waals surface area contributed by atoms with Crippen LogP contribution in [-0.2, 0) is 16.6 Å². The summed E-state index contributed by atoms with van der Waals surface area (Å²) in [7, 11) is -3.86. The van der Waals surface area contributed by atoms with Crippen molar-refractivity contribution in [3.8, 4) is 6.07 Å². The number of pyridine rings is 1. The number of sulfonamides is 1. The van der Waals surface area contributed by atoms with Crippen molar-refractivity contribution in [1.29, 1.82) is 5.26 Å². The van der Waals surface area contributed by atoms with Crippen molar-refractivity contribution in [2.24, 2.45) is 0 Å². The van der Waals surface area contributed by atoms with E-state index >= 15 is 0 Å². The molecule has 8 heteroatoms. The third kappa shape index (κ3) is 3.42. The molecule has 0 amide bonds. The molecule has 0 unspecified atom stereocenters. The zero-order valence-electron chi connectivity index (χ0n) is 12.5. The molecule has 0 aliphatic heterocycles. The average Bonchev–Trinajstić information content (AvgIpc) is 3.05. The van der Waals surface area contributed by atoms with Gasteiger partial charge in [0.05, 0.1) is 18.3 Å². The van der Waals surface area contributed by atoms with Gasteiger partial charge in [-0.1, -0.05) is 30.3 Å². The minimum Gasteiger partial charge on any atom is -0.267 e. The largest absolute Gasteiger partial charge is 0.267 e. The molecule has 3 rings (SSSR count). The van der Waals surface area contributed by atoms with Crippen LogP contribution >= 0.6 is 0 Å². The zero-order chi connectivity index (χ0) is 17.0. The Hall–Kier alpha value is -3.18. The highest BCUT2D eigenvalue weighted by Crippen LogP contribution is 2.17. The lowest BCUT2D eigenvalue weighted by molar-refractivity contribution is 0.600. The van der Waals surface area contributed by atoms with Gasteiger partial charge in [-0.3, -0.25) is 9.40 Å². The first-order chi connectivity index (χ1) is 11.6. The number of benzene rings is 1. The van der Waals surface area contributed by atoms with E-state index in [1.807, 2.05) is 36.4 Å². The third-order valence-corrected chi connectivity index (χ3v) is 4.56. The van der Waals surface area contributed by atoms with Gasteiger partial charge in [0.2, 0.25) is 0 Å². The van der Waals surface area contributed by atoms with Gasteiger partial charge < -0.3 is 0 Å². The molecule has 0 saturated carbocycles. The first-order valence-corrected chi connectivity index (χ1v) is 8.51. The second kappa shape index (κ2) is 6.52. The number of hydrogen-bond acceptors (Lipinski definition) is 5. The molecule has 24 heavy (non-hydrogen) atoms. The summed E-state index contributed by atoms with van der Waals surface area (Å²) >= 11 is 0. The molecule has 120 valence electrons. The summed E-state index contributed by atoms with van der Waals surface area (Å²) in [6.07, 6.45) is 4.11. The van der Waals surface area contributed by atoms with E-state index < -0.39 is 10.0 Å². The Balaban J connectivity index is 1.82. The van der Waals surface area contributed by atoms with Crippen LogP contribution in [-0.4, -0.2) is 23.2 Å². The van der Waals surface area contributed by atoms with Crippen LogP contribution in [0.1, 0.15) is 11.1 Å². The first kappa shape index (κ1) is 15.7. The Labute approximate surface area is 139 Å². The highest BCUT2D eigenvalue weighted by atomic mass is 32.2. The maximum absolute atomic E-state index is 12.4. The van der Waals surface area contributed by atoms with E-state index in [4.69, 9.17) is 5.26 Å². The predicted molar refractivity (Wildman–Crippen MR) is 87.5 cm³/mol. The quantitative estimate of drug-likeness (QED) is 0.766. The van der Waals surface area contributed by atoms with Crippen LogP contribution in [0, 0.1) is 11.3 Å². The van der Waals surface area contributed by atoms with Crippen LogP contribution in [0.25, 0.3) is 0 Å². The van der Waals surface area contributed by atoms with Crippen molar-refractivity contribution >= 4 is 15.8 Å². The smallest absolute Gasteiger partial charge is 0.266 e. The molecule has 0 bridgehead atoms. The lowest BCUT2D eigenvalue weighted by Crippen LogP contribution is -2.14. The van der Waals surface area contributed by atoms with Gasteiger partial charge in [0, 0.05) is 12.4 Å². The Morgan fingerprint density at radius 2 is 1.96 bits per heavy atom. The molecule has 7 nitrogen and oxygen atoms in total. The van der Waals surface area contributed by atoms with Crippen LogP contribution in [0.4, 0.5) is 5.82 Å². The average molecular weight is 339 g/mol. The monoisotopic (exact) mass is 339 g/mol. The summed E-state index contributed by atoms with van der Waals surface area (Å²) in [5.41, 5.74) is 1.16. The normalized spacial score (nSPS) is 11.0. The first-order valence-electron chi connectivity index (χ1n) is 7.03. The standard InChI is InChI=1S/C16H13N5O2S/c17-9-14-7-4-8-18-16(14)20-24(22,23)15-10-19-21(12-15)11-13-5-2-1-3-6-13/h1-8,10,12H,11H2,(H,18,20). The summed E-state index contributed by atoms with van der Waals surface area (Å²) in [5.74, 6) is -0.00388. The Morgan fingerprint density at radius 1 is 1.17 bits per heavy atom. The third-order valence-electron chi connectivity index (χ3n) is 3.27. The van der Waals surface area contributed by atoms with Crippen LogP contribution in [0.5, 0.6) is 0 Å². The van der Waals surface area contributed by atoms with Crippen molar-refractivity contribution in [1.82, 2.24) is 14.8 Å². The molecule has 0 aliphatic carbocycles. The lowest BCUT2D eigenvalue weighted by atomic mass is 10.2. The van der Waals surface area contributed by atoms with Gasteiger partial charge >= 0.3 is 0 Å². The van der Waals surface area contributed by atoms with Crippen molar-refractivity contribution in [3.63, 3.8) is 0 Å². The second-order valence-corrected chi connectivity index (χ2v) is 6.66. The van der Waals surface area contributed by atoms with Crippen molar-refractivity contribution < 1.29 is 8.42 Å². The van der Waals surface area contributed by atoms with Gasteiger partial charge in [-0.2, -0.15) is 10.4 Å².